The van der Waals surface area contributed by atoms with Gasteiger partial charge in [0.25, 0.3) is 0 Å². The molecule has 2 heterocycles. The molecule has 1 aromatic heterocycles. The van der Waals surface area contributed by atoms with Crippen molar-refractivity contribution < 1.29 is 4.39 Å². The lowest BCUT2D eigenvalue weighted by Crippen LogP contribution is -2.23. The summed E-state index contributed by atoms with van der Waals surface area (Å²) in [6, 6.07) is 5.00. The van der Waals surface area contributed by atoms with Gasteiger partial charge in [-0.3, -0.25) is 0 Å². The molecule has 1 saturated heterocycles. The highest BCUT2D eigenvalue weighted by Gasteiger charge is 2.19. The summed E-state index contributed by atoms with van der Waals surface area (Å²) in [7, 11) is 2.11. The number of imidazole rings is 1. The van der Waals surface area contributed by atoms with Crippen molar-refractivity contribution in [1.29, 1.82) is 0 Å². The minimum absolute atomic E-state index is 0.242. The van der Waals surface area contributed by atoms with E-state index < -0.39 is 0 Å². The van der Waals surface area contributed by atoms with Crippen LogP contribution in [0.15, 0.2) is 18.2 Å². The van der Waals surface area contributed by atoms with Crippen LogP contribution in [0, 0.1) is 5.82 Å². The number of halogens is 1. The van der Waals surface area contributed by atoms with Gasteiger partial charge in [-0.1, -0.05) is 0 Å². The van der Waals surface area contributed by atoms with Gasteiger partial charge in [0.05, 0.1) is 11.0 Å². The molecule has 0 spiro atoms. The van der Waals surface area contributed by atoms with Crippen LogP contribution >= 0.6 is 0 Å². The smallest absolute Gasteiger partial charge is 0.201 e. The van der Waals surface area contributed by atoms with Gasteiger partial charge in [0.1, 0.15) is 5.82 Å². The zero-order valence-electron chi connectivity index (χ0n) is 9.70. The van der Waals surface area contributed by atoms with Gasteiger partial charge in [-0.2, -0.15) is 0 Å². The molecule has 0 amide bonds. The summed E-state index contributed by atoms with van der Waals surface area (Å²) >= 11 is 0. The molecule has 17 heavy (non-hydrogen) atoms. The minimum Gasteiger partial charge on any atom is -0.352 e. The van der Waals surface area contributed by atoms with Crippen LogP contribution in [0.25, 0.3) is 11.0 Å². The van der Waals surface area contributed by atoms with E-state index in [0.29, 0.717) is 6.04 Å². The molecular formula is C12H15FN4. The Hall–Kier alpha value is -1.62. The molecule has 2 N–H and O–H groups in total. The number of fused-ring (bicyclic) bond motifs is 1. The molecule has 0 radical (unpaired) electrons. The number of aromatic nitrogens is 2. The van der Waals surface area contributed by atoms with E-state index in [9.17, 15) is 4.39 Å². The molecular weight excluding hydrogens is 219 g/mol. The van der Waals surface area contributed by atoms with Gasteiger partial charge in [-0.25, -0.2) is 9.37 Å². The lowest BCUT2D eigenvalue weighted by atomic mass is 10.3. The first kappa shape index (κ1) is 10.5. The highest BCUT2D eigenvalue weighted by atomic mass is 19.1. The quantitative estimate of drug-likeness (QED) is 0.833. The molecule has 3 rings (SSSR count). The first-order valence-electron chi connectivity index (χ1n) is 5.81. The largest absolute Gasteiger partial charge is 0.352 e. The van der Waals surface area contributed by atoms with Crippen molar-refractivity contribution >= 4 is 17.0 Å². The standard InChI is InChI=1S/C12H15FN4/c1-17-5-4-9(7-17)14-12-15-10-3-2-8(13)6-11(10)16-12/h2-3,6,9H,4-5,7H2,1H3,(H2,14,15,16). The second-order valence-electron chi connectivity index (χ2n) is 4.64. The van der Waals surface area contributed by atoms with Gasteiger partial charge in [0, 0.05) is 12.6 Å². The fraction of sp³-hybridized carbons (Fsp3) is 0.417. The monoisotopic (exact) mass is 234 g/mol. The van der Waals surface area contributed by atoms with E-state index in [1.54, 1.807) is 6.07 Å². The maximum absolute atomic E-state index is 13.0. The Bertz CT molecular complexity index is 536. The van der Waals surface area contributed by atoms with Crippen molar-refractivity contribution in [2.24, 2.45) is 0 Å². The van der Waals surface area contributed by atoms with Crippen LogP contribution in [0.5, 0.6) is 0 Å². The van der Waals surface area contributed by atoms with Gasteiger partial charge >= 0.3 is 0 Å². The molecule has 0 saturated carbocycles. The number of anilines is 1. The number of hydrogen-bond acceptors (Lipinski definition) is 3. The first-order valence-corrected chi connectivity index (χ1v) is 5.81. The van der Waals surface area contributed by atoms with Crippen molar-refractivity contribution in [1.82, 2.24) is 14.9 Å². The number of aromatic amines is 1. The summed E-state index contributed by atoms with van der Waals surface area (Å²) in [5.41, 5.74) is 1.53. The molecule has 5 heteroatoms. The Morgan fingerprint density at radius 3 is 3.18 bits per heavy atom. The average molecular weight is 234 g/mol. The lowest BCUT2D eigenvalue weighted by Gasteiger charge is -2.11. The molecule has 4 nitrogen and oxygen atoms in total. The minimum atomic E-state index is -0.242. The number of rotatable bonds is 2. The zero-order valence-corrected chi connectivity index (χ0v) is 9.70. The van der Waals surface area contributed by atoms with Crippen LogP contribution in [0.1, 0.15) is 6.42 Å². The second kappa shape index (κ2) is 4.00. The number of nitrogens with zero attached hydrogens (tertiary/aromatic N) is 2. The number of hydrogen-bond donors (Lipinski definition) is 2. The molecule has 1 aliphatic heterocycles. The van der Waals surface area contributed by atoms with Crippen LogP contribution in [-0.2, 0) is 0 Å². The fourth-order valence-corrected chi connectivity index (χ4v) is 2.30. The van der Waals surface area contributed by atoms with E-state index in [1.807, 2.05) is 0 Å². The zero-order chi connectivity index (χ0) is 11.8. The molecule has 0 bridgehead atoms. The molecule has 1 unspecified atom stereocenters. The van der Waals surface area contributed by atoms with Gasteiger partial charge in [0.2, 0.25) is 5.95 Å². The second-order valence-corrected chi connectivity index (χ2v) is 4.64. The number of H-pyrrole nitrogens is 1. The summed E-state index contributed by atoms with van der Waals surface area (Å²) in [5, 5.41) is 3.35. The van der Waals surface area contributed by atoms with Crippen LogP contribution < -0.4 is 5.32 Å². The predicted octanol–water partition coefficient (Wildman–Crippen LogP) is 1.82. The third-order valence-electron chi connectivity index (χ3n) is 3.18. The molecule has 1 atom stereocenters. The maximum atomic E-state index is 13.0. The van der Waals surface area contributed by atoms with Crippen LogP contribution in [-0.4, -0.2) is 41.0 Å². The number of benzene rings is 1. The number of nitrogens with one attached hydrogen (secondary N) is 2. The van der Waals surface area contributed by atoms with Crippen molar-refractivity contribution in [3.63, 3.8) is 0 Å². The highest BCUT2D eigenvalue weighted by molar-refractivity contribution is 5.77. The van der Waals surface area contributed by atoms with Crippen molar-refractivity contribution in [2.45, 2.75) is 12.5 Å². The van der Waals surface area contributed by atoms with Crippen molar-refractivity contribution in [3.8, 4) is 0 Å². The third kappa shape index (κ3) is 2.10. The first-order chi connectivity index (χ1) is 8.20. The highest BCUT2D eigenvalue weighted by Crippen LogP contribution is 2.17. The Morgan fingerprint density at radius 2 is 2.41 bits per heavy atom. The molecule has 1 aliphatic rings. The Kier molecular flexibility index (Phi) is 2.48. The molecule has 1 fully saturated rings. The van der Waals surface area contributed by atoms with Crippen LogP contribution in [0.3, 0.4) is 0 Å². The van der Waals surface area contributed by atoms with Crippen molar-refractivity contribution in [3.05, 3.63) is 24.0 Å². The Labute approximate surface area is 98.8 Å². The molecule has 0 aliphatic carbocycles. The van der Waals surface area contributed by atoms with Gasteiger partial charge in [0.15, 0.2) is 0 Å². The number of likely N-dealkylation sites (N-methyl/N-ethyl adjacent to an activating group) is 1. The summed E-state index contributed by atoms with van der Waals surface area (Å²) in [6.07, 6.45) is 1.11. The summed E-state index contributed by atoms with van der Waals surface area (Å²) < 4.78 is 13.0. The average Bonchev–Trinajstić information content (AvgIpc) is 2.84. The topological polar surface area (TPSA) is 44.0 Å². The maximum Gasteiger partial charge on any atom is 0.201 e. The molecule has 2 aromatic rings. The summed E-state index contributed by atoms with van der Waals surface area (Å²) in [4.78, 5) is 9.77. The summed E-state index contributed by atoms with van der Waals surface area (Å²) in [5.74, 6) is 0.485. The van der Waals surface area contributed by atoms with Crippen LogP contribution in [0.4, 0.5) is 10.3 Å². The Balaban J connectivity index is 1.81. The Morgan fingerprint density at radius 1 is 1.53 bits per heavy atom. The van der Waals surface area contributed by atoms with Gasteiger partial charge in [-0.15, -0.1) is 0 Å². The number of likely N-dealkylation sites (tertiary alicyclic amines) is 1. The van der Waals surface area contributed by atoms with E-state index in [2.05, 4.69) is 27.2 Å². The van der Waals surface area contributed by atoms with E-state index in [-0.39, 0.29) is 5.82 Å². The predicted molar refractivity (Wildman–Crippen MR) is 65.6 cm³/mol. The van der Waals surface area contributed by atoms with Gasteiger partial charge < -0.3 is 15.2 Å². The fourth-order valence-electron chi connectivity index (χ4n) is 2.30. The molecule has 1 aromatic carbocycles. The van der Waals surface area contributed by atoms with E-state index in [0.717, 1.165) is 36.5 Å². The molecule has 90 valence electrons. The van der Waals surface area contributed by atoms with E-state index >= 15 is 0 Å². The normalized spacial score (nSPS) is 21.2. The van der Waals surface area contributed by atoms with Gasteiger partial charge in [-0.05, 0) is 38.2 Å². The third-order valence-corrected chi connectivity index (χ3v) is 3.18. The lowest BCUT2D eigenvalue weighted by molar-refractivity contribution is 0.414. The SMILES string of the molecule is CN1CCC(Nc2nc3ccc(F)cc3[nH]2)C1. The van der Waals surface area contributed by atoms with E-state index in [1.165, 1.54) is 12.1 Å². The summed E-state index contributed by atoms with van der Waals surface area (Å²) in [6.45, 7) is 2.12. The van der Waals surface area contributed by atoms with Crippen molar-refractivity contribution in [2.75, 3.05) is 25.5 Å². The van der Waals surface area contributed by atoms with Crippen LogP contribution in [0.2, 0.25) is 0 Å². The van der Waals surface area contributed by atoms with E-state index in [4.69, 9.17) is 0 Å².